The zero-order chi connectivity index (χ0) is 8.39. The molecule has 0 radical (unpaired) electrons. The van der Waals surface area contributed by atoms with Crippen LogP contribution < -0.4 is 10.6 Å². The lowest BCUT2D eigenvalue weighted by Crippen LogP contribution is -2.34. The van der Waals surface area contributed by atoms with E-state index in [1.54, 1.807) is 7.11 Å². The highest BCUT2D eigenvalue weighted by atomic mass is 16.5. The lowest BCUT2D eigenvalue weighted by molar-refractivity contribution is 0.117. The van der Waals surface area contributed by atoms with Crippen LogP contribution in [0, 0.1) is 0 Å². The summed E-state index contributed by atoms with van der Waals surface area (Å²) >= 11 is 0. The molecular weight excluding hydrogens is 152 g/mol. The van der Waals surface area contributed by atoms with Crippen molar-refractivity contribution in [3.05, 3.63) is 0 Å². The summed E-state index contributed by atoms with van der Waals surface area (Å²) < 4.78 is 5.27. The van der Waals surface area contributed by atoms with Crippen LogP contribution in [-0.2, 0) is 4.74 Å². The van der Waals surface area contributed by atoms with Gasteiger partial charge in [0.05, 0.1) is 6.10 Å². The first-order valence-electron chi connectivity index (χ1n) is 4.88. The first-order chi connectivity index (χ1) is 5.88. The molecule has 0 aromatic rings. The van der Waals surface area contributed by atoms with Crippen molar-refractivity contribution in [2.75, 3.05) is 20.2 Å². The smallest absolute Gasteiger partial charge is 0.0711 e. The van der Waals surface area contributed by atoms with Crippen molar-refractivity contribution in [3.8, 4) is 0 Å². The van der Waals surface area contributed by atoms with Gasteiger partial charge in [0.2, 0.25) is 0 Å². The van der Waals surface area contributed by atoms with Crippen LogP contribution in [0.5, 0.6) is 0 Å². The van der Waals surface area contributed by atoms with Gasteiger partial charge in [-0.15, -0.1) is 0 Å². The number of nitrogens with one attached hydrogen (secondary N) is 2. The summed E-state index contributed by atoms with van der Waals surface area (Å²) in [4.78, 5) is 0. The molecule has 0 amide bonds. The molecule has 1 aliphatic carbocycles. The Hall–Kier alpha value is -0.120. The molecule has 1 heterocycles. The molecule has 0 bridgehead atoms. The summed E-state index contributed by atoms with van der Waals surface area (Å²) in [7, 11) is 1.79. The second-order valence-corrected chi connectivity index (χ2v) is 3.88. The van der Waals surface area contributed by atoms with E-state index in [1.165, 1.54) is 12.8 Å². The van der Waals surface area contributed by atoms with Crippen molar-refractivity contribution in [2.45, 2.75) is 37.5 Å². The van der Waals surface area contributed by atoms with Gasteiger partial charge in [0, 0.05) is 32.3 Å². The van der Waals surface area contributed by atoms with Crippen LogP contribution in [0.15, 0.2) is 0 Å². The van der Waals surface area contributed by atoms with Gasteiger partial charge in [-0.05, 0) is 19.3 Å². The molecule has 2 N–H and O–H groups in total. The van der Waals surface area contributed by atoms with E-state index >= 15 is 0 Å². The van der Waals surface area contributed by atoms with Crippen molar-refractivity contribution in [1.29, 1.82) is 0 Å². The van der Waals surface area contributed by atoms with Gasteiger partial charge in [-0.25, -0.2) is 0 Å². The summed E-state index contributed by atoms with van der Waals surface area (Å²) in [6.07, 6.45) is 4.35. The van der Waals surface area contributed by atoms with Gasteiger partial charge in [-0.3, -0.25) is 0 Å². The van der Waals surface area contributed by atoms with Crippen molar-refractivity contribution in [2.24, 2.45) is 0 Å². The van der Waals surface area contributed by atoms with Crippen LogP contribution in [0.3, 0.4) is 0 Å². The second-order valence-electron chi connectivity index (χ2n) is 3.88. The largest absolute Gasteiger partial charge is 0.380 e. The molecule has 1 saturated carbocycles. The van der Waals surface area contributed by atoms with Crippen LogP contribution in [0.25, 0.3) is 0 Å². The summed E-state index contributed by atoms with van der Waals surface area (Å²) in [5, 5.41) is 6.98. The van der Waals surface area contributed by atoms with E-state index in [-0.39, 0.29) is 0 Å². The predicted octanol–water partition coefficient (Wildman–Crippen LogP) is 0.115. The Labute approximate surface area is 73.9 Å². The highest BCUT2D eigenvalue weighted by Crippen LogP contribution is 2.19. The Kier molecular flexibility index (Phi) is 2.63. The number of hydrogen-bond acceptors (Lipinski definition) is 3. The minimum Gasteiger partial charge on any atom is -0.380 e. The number of methoxy groups -OCH3 is 1. The van der Waals surface area contributed by atoms with E-state index in [0.29, 0.717) is 12.1 Å². The summed E-state index contributed by atoms with van der Waals surface area (Å²) in [6.45, 7) is 2.14. The van der Waals surface area contributed by atoms with Crippen molar-refractivity contribution >= 4 is 0 Å². The minimum absolute atomic E-state index is 0.441. The molecule has 2 fully saturated rings. The topological polar surface area (TPSA) is 33.3 Å². The highest BCUT2D eigenvalue weighted by molar-refractivity contribution is 4.87. The van der Waals surface area contributed by atoms with Crippen molar-refractivity contribution < 1.29 is 4.74 Å². The fourth-order valence-corrected chi connectivity index (χ4v) is 1.71. The quantitative estimate of drug-likeness (QED) is 0.628. The molecule has 3 heteroatoms. The van der Waals surface area contributed by atoms with Gasteiger partial charge in [0.15, 0.2) is 0 Å². The molecule has 12 heavy (non-hydrogen) atoms. The SMILES string of the molecule is COC1CNC(CNC2CC2)C1. The maximum absolute atomic E-state index is 5.27. The van der Waals surface area contributed by atoms with E-state index < -0.39 is 0 Å². The first kappa shape index (κ1) is 8.48. The summed E-state index contributed by atoms with van der Waals surface area (Å²) in [5.74, 6) is 0. The lowest BCUT2D eigenvalue weighted by atomic mass is 10.2. The molecule has 2 aliphatic rings. The van der Waals surface area contributed by atoms with E-state index in [2.05, 4.69) is 10.6 Å². The first-order valence-corrected chi connectivity index (χ1v) is 4.88. The average Bonchev–Trinajstić information content (AvgIpc) is 2.81. The van der Waals surface area contributed by atoms with Crippen molar-refractivity contribution in [1.82, 2.24) is 10.6 Å². The van der Waals surface area contributed by atoms with Gasteiger partial charge in [0.25, 0.3) is 0 Å². The van der Waals surface area contributed by atoms with E-state index in [1.807, 2.05) is 0 Å². The number of rotatable bonds is 4. The molecule has 1 saturated heterocycles. The van der Waals surface area contributed by atoms with Crippen LogP contribution in [0.1, 0.15) is 19.3 Å². The van der Waals surface area contributed by atoms with Crippen molar-refractivity contribution in [3.63, 3.8) is 0 Å². The van der Waals surface area contributed by atoms with Gasteiger partial charge in [0.1, 0.15) is 0 Å². The Balaban J connectivity index is 1.61. The Morgan fingerprint density at radius 1 is 1.50 bits per heavy atom. The zero-order valence-electron chi connectivity index (χ0n) is 7.68. The Morgan fingerprint density at radius 2 is 2.33 bits per heavy atom. The third-order valence-electron chi connectivity index (χ3n) is 2.75. The standard InChI is InChI=1S/C9H18N2O/c1-12-9-4-8(11-6-9)5-10-7-2-3-7/h7-11H,2-6H2,1H3. The van der Waals surface area contributed by atoms with Crippen LogP contribution in [0.2, 0.25) is 0 Å². The van der Waals surface area contributed by atoms with Gasteiger partial charge in [-0.2, -0.15) is 0 Å². The van der Waals surface area contributed by atoms with E-state index in [4.69, 9.17) is 4.74 Å². The maximum atomic E-state index is 5.27. The number of hydrogen-bond donors (Lipinski definition) is 2. The van der Waals surface area contributed by atoms with Gasteiger partial charge < -0.3 is 15.4 Å². The van der Waals surface area contributed by atoms with E-state index in [0.717, 1.165) is 25.6 Å². The van der Waals surface area contributed by atoms with Crippen LogP contribution in [-0.4, -0.2) is 38.4 Å². The fourth-order valence-electron chi connectivity index (χ4n) is 1.71. The molecule has 2 rings (SSSR count). The molecular formula is C9H18N2O. The highest BCUT2D eigenvalue weighted by Gasteiger charge is 2.26. The fraction of sp³-hybridized carbons (Fsp3) is 1.00. The third-order valence-corrected chi connectivity index (χ3v) is 2.75. The monoisotopic (exact) mass is 170 g/mol. The molecule has 0 spiro atoms. The molecule has 2 unspecified atom stereocenters. The number of ether oxygens (including phenoxy) is 1. The lowest BCUT2D eigenvalue weighted by Gasteiger charge is -2.10. The second kappa shape index (κ2) is 3.73. The average molecular weight is 170 g/mol. The predicted molar refractivity (Wildman–Crippen MR) is 48.2 cm³/mol. The zero-order valence-corrected chi connectivity index (χ0v) is 7.68. The van der Waals surface area contributed by atoms with Gasteiger partial charge in [-0.1, -0.05) is 0 Å². The molecule has 3 nitrogen and oxygen atoms in total. The normalized spacial score (nSPS) is 35.8. The molecule has 70 valence electrons. The van der Waals surface area contributed by atoms with Crippen LogP contribution >= 0.6 is 0 Å². The third kappa shape index (κ3) is 2.19. The maximum Gasteiger partial charge on any atom is 0.0711 e. The van der Waals surface area contributed by atoms with Gasteiger partial charge >= 0.3 is 0 Å². The minimum atomic E-state index is 0.441. The molecule has 1 aliphatic heterocycles. The summed E-state index contributed by atoms with van der Waals surface area (Å²) in [5.41, 5.74) is 0. The molecule has 2 atom stereocenters. The van der Waals surface area contributed by atoms with E-state index in [9.17, 15) is 0 Å². The molecule has 0 aromatic carbocycles. The van der Waals surface area contributed by atoms with Crippen LogP contribution in [0.4, 0.5) is 0 Å². The molecule has 0 aromatic heterocycles. The Morgan fingerprint density at radius 3 is 2.92 bits per heavy atom. The Bertz CT molecular complexity index is 147. The summed E-state index contributed by atoms with van der Waals surface area (Å²) in [6, 6.07) is 1.46.